The van der Waals surface area contributed by atoms with Gasteiger partial charge in [-0.15, -0.1) is 0 Å². The van der Waals surface area contributed by atoms with Gasteiger partial charge in [-0.25, -0.2) is 9.67 Å². The Morgan fingerprint density at radius 1 is 0.793 bits per heavy atom. The van der Waals surface area contributed by atoms with Gasteiger partial charge in [0.2, 0.25) is 0 Å². The quantitative estimate of drug-likeness (QED) is 0.334. The molecule has 0 bridgehead atoms. The molecule has 0 saturated carbocycles. The van der Waals surface area contributed by atoms with Crippen molar-refractivity contribution in [1.29, 1.82) is 0 Å². The van der Waals surface area contributed by atoms with Gasteiger partial charge in [0.25, 0.3) is 0 Å². The Labute approximate surface area is 170 Å². The second-order valence-corrected chi connectivity index (χ2v) is 8.41. The lowest BCUT2D eigenvalue weighted by Gasteiger charge is -2.18. The van der Waals surface area contributed by atoms with Gasteiger partial charge in [0.05, 0.1) is 22.6 Å². The topological polar surface area (TPSA) is 35.1 Å². The molecule has 5 rings (SSSR count). The highest BCUT2D eigenvalue weighted by Gasteiger charge is 2.20. The Hall–Kier alpha value is -3.14. The SMILES string of the molecule is Cc1cc(C)c2c(c1)c1c(-n3nc(C)cc3C)c(C)ccc1c1nc(C)c(C)n12. The van der Waals surface area contributed by atoms with Crippen molar-refractivity contribution < 1.29 is 0 Å². The predicted molar refractivity (Wildman–Crippen MR) is 120 cm³/mol. The van der Waals surface area contributed by atoms with E-state index in [1.807, 2.05) is 0 Å². The van der Waals surface area contributed by atoms with Crippen LogP contribution in [0.25, 0.3) is 33.0 Å². The van der Waals surface area contributed by atoms with Gasteiger partial charge in [-0.05, 0) is 71.7 Å². The van der Waals surface area contributed by atoms with Crippen molar-refractivity contribution in [1.82, 2.24) is 19.2 Å². The number of hydrogen-bond donors (Lipinski definition) is 0. The van der Waals surface area contributed by atoms with Crippen molar-refractivity contribution in [3.8, 4) is 5.69 Å². The van der Waals surface area contributed by atoms with Crippen LogP contribution in [0.4, 0.5) is 0 Å². The highest BCUT2D eigenvalue weighted by atomic mass is 15.3. The van der Waals surface area contributed by atoms with Crippen molar-refractivity contribution in [2.75, 3.05) is 0 Å². The zero-order valence-electron chi connectivity index (χ0n) is 18.2. The zero-order chi connectivity index (χ0) is 20.6. The Kier molecular flexibility index (Phi) is 3.66. The number of fused-ring (bicyclic) bond motifs is 6. The minimum absolute atomic E-state index is 1.03. The first-order valence-corrected chi connectivity index (χ1v) is 10.1. The zero-order valence-corrected chi connectivity index (χ0v) is 18.2. The smallest absolute Gasteiger partial charge is 0.145 e. The van der Waals surface area contributed by atoms with Gasteiger partial charge >= 0.3 is 0 Å². The van der Waals surface area contributed by atoms with Crippen LogP contribution in [0.15, 0.2) is 30.3 Å². The van der Waals surface area contributed by atoms with Crippen LogP contribution in [0.3, 0.4) is 0 Å². The van der Waals surface area contributed by atoms with E-state index in [0.717, 1.165) is 28.4 Å². The molecule has 29 heavy (non-hydrogen) atoms. The van der Waals surface area contributed by atoms with Gasteiger partial charge < -0.3 is 0 Å². The predicted octanol–water partition coefficient (Wildman–Crippen LogP) is 5.99. The standard InChI is InChI=1S/C25H26N4/c1-13-10-15(3)23-21(11-13)22-20(25-26-18(6)19(7)28(23)25)9-8-14(2)24(22)29-17(5)12-16(4)27-29/h8-12H,1-7H3. The molecule has 0 saturated heterocycles. The van der Waals surface area contributed by atoms with Crippen LogP contribution in [0.5, 0.6) is 0 Å². The van der Waals surface area contributed by atoms with Crippen LogP contribution < -0.4 is 0 Å². The summed E-state index contributed by atoms with van der Waals surface area (Å²) in [5.41, 5.74) is 11.6. The van der Waals surface area contributed by atoms with E-state index in [2.05, 4.69) is 87.9 Å². The highest BCUT2D eigenvalue weighted by Crippen LogP contribution is 2.38. The van der Waals surface area contributed by atoms with Gasteiger partial charge in [0.15, 0.2) is 0 Å². The van der Waals surface area contributed by atoms with Crippen LogP contribution in [-0.4, -0.2) is 19.2 Å². The molecule has 0 amide bonds. The molecule has 0 N–H and O–H groups in total. The van der Waals surface area contributed by atoms with Crippen molar-refractivity contribution in [3.63, 3.8) is 0 Å². The molecule has 0 aliphatic heterocycles. The molecular formula is C25H26N4. The monoisotopic (exact) mass is 382 g/mol. The number of aromatic nitrogens is 4. The summed E-state index contributed by atoms with van der Waals surface area (Å²) in [5, 5.41) is 8.50. The molecule has 0 atom stereocenters. The van der Waals surface area contributed by atoms with Gasteiger partial charge in [0.1, 0.15) is 5.65 Å². The maximum Gasteiger partial charge on any atom is 0.145 e. The number of benzene rings is 2. The molecule has 0 radical (unpaired) electrons. The van der Waals surface area contributed by atoms with Crippen LogP contribution in [0.1, 0.15) is 39.5 Å². The normalized spacial score (nSPS) is 12.0. The summed E-state index contributed by atoms with van der Waals surface area (Å²) in [6, 6.07) is 11.1. The molecule has 0 aliphatic carbocycles. The van der Waals surface area contributed by atoms with Crippen molar-refractivity contribution in [3.05, 3.63) is 69.8 Å². The average Bonchev–Trinajstić information content (AvgIpc) is 3.13. The third-order valence-electron chi connectivity index (χ3n) is 6.12. The van der Waals surface area contributed by atoms with Crippen molar-refractivity contribution in [2.24, 2.45) is 0 Å². The first-order chi connectivity index (χ1) is 13.8. The minimum Gasteiger partial charge on any atom is -0.296 e. The lowest BCUT2D eigenvalue weighted by molar-refractivity contribution is 0.834. The fourth-order valence-corrected chi connectivity index (χ4v) is 4.79. The second kappa shape index (κ2) is 5.93. The molecule has 0 aliphatic rings. The summed E-state index contributed by atoms with van der Waals surface area (Å²) in [7, 11) is 0. The molecule has 4 nitrogen and oxygen atoms in total. The lowest BCUT2D eigenvalue weighted by atomic mass is 9.97. The minimum atomic E-state index is 1.03. The molecule has 5 aromatic rings. The number of imidazole rings is 1. The molecule has 0 spiro atoms. The summed E-state index contributed by atoms with van der Waals surface area (Å²) < 4.78 is 4.44. The van der Waals surface area contributed by atoms with Crippen LogP contribution in [-0.2, 0) is 0 Å². The molecule has 146 valence electrons. The third kappa shape index (κ3) is 2.38. The largest absolute Gasteiger partial charge is 0.296 e. The number of rotatable bonds is 1. The molecule has 2 aromatic carbocycles. The van der Waals surface area contributed by atoms with Crippen LogP contribution in [0, 0.1) is 48.5 Å². The van der Waals surface area contributed by atoms with Gasteiger partial charge in [-0.3, -0.25) is 4.40 Å². The molecule has 4 heteroatoms. The molecule has 3 aromatic heterocycles. The summed E-state index contributed by atoms with van der Waals surface area (Å²) in [5.74, 6) is 0. The summed E-state index contributed by atoms with van der Waals surface area (Å²) >= 11 is 0. The van der Waals surface area contributed by atoms with Crippen molar-refractivity contribution in [2.45, 2.75) is 48.5 Å². The lowest BCUT2D eigenvalue weighted by Crippen LogP contribution is -2.05. The fourth-order valence-electron chi connectivity index (χ4n) is 4.79. The number of nitrogens with zero attached hydrogens (tertiary/aromatic N) is 4. The first-order valence-electron chi connectivity index (χ1n) is 10.1. The first kappa shape index (κ1) is 17.9. The Balaban J connectivity index is 2.16. The van der Waals surface area contributed by atoms with E-state index in [1.54, 1.807) is 0 Å². The van der Waals surface area contributed by atoms with E-state index < -0.39 is 0 Å². The Bertz CT molecular complexity index is 1460. The van der Waals surface area contributed by atoms with E-state index in [4.69, 9.17) is 10.1 Å². The fraction of sp³-hybridized carbons (Fsp3) is 0.280. The van der Waals surface area contributed by atoms with E-state index >= 15 is 0 Å². The van der Waals surface area contributed by atoms with E-state index in [9.17, 15) is 0 Å². The molecule has 0 fully saturated rings. The summed E-state index contributed by atoms with van der Waals surface area (Å²) in [6.45, 7) is 15.0. The maximum absolute atomic E-state index is 4.98. The second-order valence-electron chi connectivity index (χ2n) is 8.41. The Morgan fingerprint density at radius 2 is 1.55 bits per heavy atom. The Morgan fingerprint density at radius 3 is 2.24 bits per heavy atom. The van der Waals surface area contributed by atoms with E-state index in [0.29, 0.717) is 0 Å². The average molecular weight is 383 g/mol. The van der Waals surface area contributed by atoms with E-state index in [-0.39, 0.29) is 0 Å². The molecular weight excluding hydrogens is 356 g/mol. The maximum atomic E-state index is 4.98. The highest BCUT2D eigenvalue weighted by molar-refractivity contribution is 6.16. The molecule has 3 heterocycles. The number of aryl methyl sites for hydroxylation is 7. The molecule has 0 unspecified atom stereocenters. The summed E-state index contributed by atoms with van der Waals surface area (Å²) in [4.78, 5) is 4.98. The number of hydrogen-bond acceptors (Lipinski definition) is 2. The summed E-state index contributed by atoms with van der Waals surface area (Å²) in [6.07, 6.45) is 0. The number of pyridine rings is 1. The van der Waals surface area contributed by atoms with E-state index in [1.165, 1.54) is 44.1 Å². The van der Waals surface area contributed by atoms with Crippen molar-refractivity contribution >= 4 is 27.3 Å². The van der Waals surface area contributed by atoms with Crippen LogP contribution >= 0.6 is 0 Å². The van der Waals surface area contributed by atoms with Gasteiger partial charge in [-0.2, -0.15) is 5.10 Å². The van der Waals surface area contributed by atoms with Gasteiger partial charge in [-0.1, -0.05) is 23.8 Å². The van der Waals surface area contributed by atoms with Gasteiger partial charge in [0, 0.05) is 27.5 Å². The third-order valence-corrected chi connectivity index (χ3v) is 6.12. The van der Waals surface area contributed by atoms with Crippen LogP contribution in [0.2, 0.25) is 0 Å².